The van der Waals surface area contributed by atoms with E-state index in [1.165, 1.54) is 11.1 Å². The molecule has 0 bridgehead atoms. The molecule has 1 aliphatic rings. The molecule has 0 aliphatic heterocycles. The van der Waals surface area contributed by atoms with Crippen LogP contribution in [0.1, 0.15) is 32.6 Å². The summed E-state index contributed by atoms with van der Waals surface area (Å²) in [5.41, 5.74) is 3.35. The number of aliphatic carboxylic acids is 1. The van der Waals surface area contributed by atoms with Crippen molar-refractivity contribution in [1.29, 1.82) is 0 Å². The van der Waals surface area contributed by atoms with Crippen molar-refractivity contribution in [3.63, 3.8) is 0 Å². The van der Waals surface area contributed by atoms with Crippen LogP contribution in [0.15, 0.2) is 71.6 Å². The van der Waals surface area contributed by atoms with Gasteiger partial charge in [-0.3, -0.25) is 4.79 Å². The molecule has 1 amide bonds. The average molecular weight is 462 g/mol. The second-order valence-electron chi connectivity index (χ2n) is 8.42. The van der Waals surface area contributed by atoms with Crippen molar-refractivity contribution in [1.82, 2.24) is 5.32 Å². The zero-order chi connectivity index (χ0) is 23.4. The third kappa shape index (κ3) is 5.06. The van der Waals surface area contributed by atoms with Crippen LogP contribution >= 0.6 is 11.8 Å². The van der Waals surface area contributed by atoms with E-state index in [1.807, 2.05) is 42.7 Å². The summed E-state index contributed by atoms with van der Waals surface area (Å²) in [6.45, 7) is 2.54. The van der Waals surface area contributed by atoms with Crippen molar-refractivity contribution in [2.24, 2.45) is 0 Å². The summed E-state index contributed by atoms with van der Waals surface area (Å²) in [4.78, 5) is 26.2. The monoisotopic (exact) mass is 461 g/mol. The molecule has 0 unspecified atom stereocenters. The van der Waals surface area contributed by atoms with Crippen molar-refractivity contribution in [3.8, 4) is 5.75 Å². The Bertz CT molecular complexity index is 1170. The lowest BCUT2D eigenvalue weighted by Gasteiger charge is -2.25. The number of fused-ring (bicyclic) bond motifs is 1. The lowest BCUT2D eigenvalue weighted by atomic mass is 9.95. The van der Waals surface area contributed by atoms with E-state index in [-0.39, 0.29) is 12.8 Å². The molecule has 33 heavy (non-hydrogen) atoms. The van der Waals surface area contributed by atoms with E-state index in [0.29, 0.717) is 17.9 Å². The number of nitrogens with one attached hydrogen (secondary N) is 1. The molecule has 2 N–H and O–H groups in total. The van der Waals surface area contributed by atoms with Crippen LogP contribution < -0.4 is 10.1 Å². The Balaban J connectivity index is 1.49. The highest BCUT2D eigenvalue weighted by atomic mass is 32.2. The predicted molar refractivity (Wildman–Crippen MR) is 130 cm³/mol. The summed E-state index contributed by atoms with van der Waals surface area (Å²) < 4.78 is 6.04. The van der Waals surface area contributed by atoms with E-state index in [0.717, 1.165) is 22.4 Å². The summed E-state index contributed by atoms with van der Waals surface area (Å²) in [6, 6.07) is 21.2. The van der Waals surface area contributed by atoms with Crippen LogP contribution in [0, 0.1) is 6.92 Å². The largest absolute Gasteiger partial charge is 0.492 e. The third-order valence-corrected chi connectivity index (χ3v) is 6.80. The second kappa shape index (κ2) is 9.71. The van der Waals surface area contributed by atoms with Crippen LogP contribution in [-0.2, 0) is 24.1 Å². The number of aryl methyl sites for hydroxylation is 1. The number of thioether (sulfide) groups is 1. The Hall–Kier alpha value is -3.25. The number of hydrogen-bond acceptors (Lipinski definition) is 4. The Morgan fingerprint density at radius 2 is 1.76 bits per heavy atom. The number of carboxylic acids is 1. The fourth-order valence-electron chi connectivity index (χ4n) is 4.27. The Labute approximate surface area is 198 Å². The number of amides is 1. The van der Waals surface area contributed by atoms with Crippen LogP contribution in [0.5, 0.6) is 5.75 Å². The zero-order valence-corrected chi connectivity index (χ0v) is 19.6. The first kappa shape index (κ1) is 22.9. The molecule has 0 spiro atoms. The van der Waals surface area contributed by atoms with Crippen LogP contribution in [-0.4, -0.2) is 35.4 Å². The number of hydrogen-bond donors (Lipinski definition) is 2. The summed E-state index contributed by atoms with van der Waals surface area (Å²) in [5.74, 6) is -0.814. The third-order valence-electron chi connectivity index (χ3n) is 6.02. The smallest absolute Gasteiger partial charge is 0.330 e. The normalized spacial score (nSPS) is 13.9. The molecule has 0 fully saturated rings. The van der Waals surface area contributed by atoms with Gasteiger partial charge in [-0.15, -0.1) is 11.8 Å². The van der Waals surface area contributed by atoms with Gasteiger partial charge < -0.3 is 15.2 Å². The first-order valence-electron chi connectivity index (χ1n) is 10.9. The Kier molecular flexibility index (Phi) is 6.75. The van der Waals surface area contributed by atoms with Gasteiger partial charge in [0.05, 0.1) is 6.61 Å². The number of rotatable bonds is 8. The first-order chi connectivity index (χ1) is 15.9. The van der Waals surface area contributed by atoms with E-state index < -0.39 is 17.4 Å². The van der Waals surface area contributed by atoms with Crippen molar-refractivity contribution in [2.75, 3.05) is 12.9 Å². The van der Waals surface area contributed by atoms with Crippen LogP contribution in [0.3, 0.4) is 0 Å². The molecule has 0 atom stereocenters. The fourth-order valence-corrected chi connectivity index (χ4v) is 4.80. The summed E-state index contributed by atoms with van der Waals surface area (Å²) in [6.07, 6.45) is 3.25. The van der Waals surface area contributed by atoms with E-state index in [2.05, 4.69) is 30.4 Å². The summed E-state index contributed by atoms with van der Waals surface area (Å²) in [7, 11) is 0. The van der Waals surface area contributed by atoms with Crippen molar-refractivity contribution in [2.45, 2.75) is 36.6 Å². The van der Waals surface area contributed by atoms with Gasteiger partial charge in [-0.2, -0.15) is 0 Å². The fraction of sp³-hybridized carbons (Fsp3) is 0.259. The minimum Gasteiger partial charge on any atom is -0.492 e. The topological polar surface area (TPSA) is 75.6 Å². The molecule has 0 heterocycles. The predicted octanol–water partition coefficient (Wildman–Crippen LogP) is 4.69. The standard InChI is InChI=1S/C27H27NO4S/c1-18-6-5-7-19(14-18)12-13-32-23-15-20(10-11-24(23)33-2)25(29)28-27(26(30)31)16-21-8-3-4-9-22(21)17-27/h3-11,14-15H,12-13,16-17H2,1-2H3,(H,28,29)(H,30,31). The van der Waals surface area contributed by atoms with Crippen LogP contribution in [0.2, 0.25) is 0 Å². The van der Waals surface area contributed by atoms with Crippen LogP contribution in [0.4, 0.5) is 0 Å². The highest BCUT2D eigenvalue weighted by Gasteiger charge is 2.45. The van der Waals surface area contributed by atoms with E-state index in [1.54, 1.807) is 23.9 Å². The molecule has 0 aromatic heterocycles. The Morgan fingerprint density at radius 3 is 2.39 bits per heavy atom. The number of benzene rings is 3. The van der Waals surface area contributed by atoms with E-state index >= 15 is 0 Å². The number of carbonyl (C=O) groups excluding carboxylic acids is 1. The van der Waals surface area contributed by atoms with Gasteiger partial charge >= 0.3 is 5.97 Å². The van der Waals surface area contributed by atoms with Crippen molar-refractivity contribution in [3.05, 3.63) is 94.5 Å². The minimum absolute atomic E-state index is 0.271. The highest BCUT2D eigenvalue weighted by Crippen LogP contribution is 2.32. The molecular formula is C27H27NO4S. The lowest BCUT2D eigenvalue weighted by molar-refractivity contribution is -0.144. The molecule has 0 radical (unpaired) electrons. The quantitative estimate of drug-likeness (QED) is 0.476. The van der Waals surface area contributed by atoms with Crippen molar-refractivity contribution < 1.29 is 19.4 Å². The van der Waals surface area contributed by atoms with Gasteiger partial charge in [0, 0.05) is 29.7 Å². The van der Waals surface area contributed by atoms with Gasteiger partial charge in [0.2, 0.25) is 0 Å². The zero-order valence-electron chi connectivity index (χ0n) is 18.8. The van der Waals surface area contributed by atoms with Gasteiger partial charge in [0.25, 0.3) is 5.91 Å². The molecule has 5 nitrogen and oxygen atoms in total. The molecular weight excluding hydrogens is 434 g/mol. The van der Waals surface area contributed by atoms with Gasteiger partial charge in [-0.05, 0) is 48.1 Å². The summed E-state index contributed by atoms with van der Waals surface area (Å²) in [5, 5.41) is 12.8. The molecule has 1 aliphatic carbocycles. The molecule has 6 heteroatoms. The van der Waals surface area contributed by atoms with E-state index in [4.69, 9.17) is 4.74 Å². The number of carbonyl (C=O) groups is 2. The maximum absolute atomic E-state index is 13.1. The van der Waals surface area contributed by atoms with Gasteiger partial charge in [-0.25, -0.2) is 4.79 Å². The summed E-state index contributed by atoms with van der Waals surface area (Å²) >= 11 is 1.54. The van der Waals surface area contributed by atoms with Crippen LogP contribution in [0.25, 0.3) is 0 Å². The van der Waals surface area contributed by atoms with Crippen molar-refractivity contribution >= 4 is 23.6 Å². The van der Waals surface area contributed by atoms with Gasteiger partial charge in [0.1, 0.15) is 11.3 Å². The number of ether oxygens (including phenoxy) is 1. The maximum atomic E-state index is 13.1. The molecule has 170 valence electrons. The Morgan fingerprint density at radius 1 is 1.03 bits per heavy atom. The molecule has 3 aromatic rings. The minimum atomic E-state index is -1.34. The molecule has 3 aromatic carbocycles. The maximum Gasteiger partial charge on any atom is 0.330 e. The second-order valence-corrected chi connectivity index (χ2v) is 9.26. The molecule has 0 saturated carbocycles. The SMILES string of the molecule is CSc1ccc(C(=O)NC2(C(=O)O)Cc3ccccc3C2)cc1OCCc1cccc(C)c1. The first-order valence-corrected chi connectivity index (χ1v) is 12.1. The van der Waals surface area contributed by atoms with Gasteiger partial charge in [0.15, 0.2) is 0 Å². The van der Waals surface area contributed by atoms with Gasteiger partial charge in [-0.1, -0.05) is 54.1 Å². The lowest BCUT2D eigenvalue weighted by Crippen LogP contribution is -2.55. The number of carboxylic acid groups (broad SMARTS) is 1. The van der Waals surface area contributed by atoms with E-state index in [9.17, 15) is 14.7 Å². The highest BCUT2D eigenvalue weighted by molar-refractivity contribution is 7.98. The molecule has 0 saturated heterocycles. The average Bonchev–Trinajstić information content (AvgIpc) is 3.18. The molecule has 4 rings (SSSR count).